The van der Waals surface area contributed by atoms with E-state index in [0.717, 1.165) is 56.8 Å². The number of aromatic nitrogens is 3. The average Bonchev–Trinajstić information content (AvgIpc) is 3.03. The molecule has 1 atom stereocenters. The minimum Gasteiger partial charge on any atom is -0.357 e. The highest BCUT2D eigenvalue weighted by Gasteiger charge is 2.27. The number of nitrogens with one attached hydrogen (secondary N) is 2. The topological polar surface area (TPSA) is 70.7 Å². The first kappa shape index (κ1) is 17.7. The molecular formula is C19H24N4OS. The van der Waals surface area contributed by atoms with E-state index in [9.17, 15) is 4.79 Å². The van der Waals surface area contributed by atoms with Gasteiger partial charge in [0.25, 0.3) is 5.91 Å². The molecule has 0 bridgehead atoms. The highest BCUT2D eigenvalue weighted by molar-refractivity contribution is 7.99. The highest BCUT2D eigenvalue weighted by Crippen LogP contribution is 2.31. The van der Waals surface area contributed by atoms with Crippen LogP contribution in [0.2, 0.25) is 0 Å². The summed E-state index contributed by atoms with van der Waals surface area (Å²) in [5, 5.41) is 3.89. The zero-order valence-electron chi connectivity index (χ0n) is 15.2. The molecule has 0 saturated carbocycles. The van der Waals surface area contributed by atoms with Gasteiger partial charge >= 0.3 is 0 Å². The maximum Gasteiger partial charge on any atom is 0.253 e. The Bertz CT molecular complexity index is 840. The fraction of sp³-hybridized carbons (Fsp3) is 0.421. The molecule has 132 valence electrons. The molecule has 0 saturated heterocycles. The number of hydrogen-bond acceptors (Lipinski definition) is 4. The molecule has 3 rings (SSSR count). The summed E-state index contributed by atoms with van der Waals surface area (Å²) in [6.07, 6.45) is 0.973. The molecule has 0 unspecified atom stereocenters. The van der Waals surface area contributed by atoms with Gasteiger partial charge in [-0.05, 0) is 32.1 Å². The minimum absolute atomic E-state index is 0.0241. The molecule has 5 nitrogen and oxygen atoms in total. The number of carbonyl (C=O) groups excluding carboxylic acids is 1. The zero-order chi connectivity index (χ0) is 18.1. The van der Waals surface area contributed by atoms with Crippen LogP contribution in [-0.4, -0.2) is 33.2 Å². The first-order valence-corrected chi connectivity index (χ1v) is 9.63. The maximum absolute atomic E-state index is 12.2. The van der Waals surface area contributed by atoms with Crippen molar-refractivity contribution in [2.24, 2.45) is 0 Å². The van der Waals surface area contributed by atoms with Crippen molar-refractivity contribution in [1.29, 1.82) is 0 Å². The van der Waals surface area contributed by atoms with Crippen molar-refractivity contribution >= 4 is 23.2 Å². The van der Waals surface area contributed by atoms with Gasteiger partial charge in [-0.1, -0.05) is 20.4 Å². The second-order valence-corrected chi connectivity index (χ2v) is 7.54. The number of H-pyrrole nitrogens is 1. The molecule has 25 heavy (non-hydrogen) atoms. The summed E-state index contributed by atoms with van der Waals surface area (Å²) in [7, 11) is 0. The van der Waals surface area contributed by atoms with E-state index in [0.29, 0.717) is 12.5 Å². The third-order valence-electron chi connectivity index (χ3n) is 4.60. The number of aryl methyl sites for hydroxylation is 2. The fourth-order valence-electron chi connectivity index (χ4n) is 3.21. The van der Waals surface area contributed by atoms with Crippen LogP contribution < -0.4 is 5.32 Å². The summed E-state index contributed by atoms with van der Waals surface area (Å²) in [4.78, 5) is 25.0. The van der Waals surface area contributed by atoms with Gasteiger partial charge in [0.2, 0.25) is 0 Å². The standard InChI is InChI=1S/C19H24N4OS/c1-6-13-9-20-18(24)14-8-15(22-17(13)14)10(3)16-11(4)21-12(5)19(23-16)25-7-2/h8,13,22H,3,6-7,9H2,1-2,4-5H3,(H,20,24)/t13-/m0/s1. The molecule has 0 aliphatic carbocycles. The van der Waals surface area contributed by atoms with Crippen LogP contribution in [0.5, 0.6) is 0 Å². The number of hydrogen-bond donors (Lipinski definition) is 2. The minimum atomic E-state index is -0.0241. The van der Waals surface area contributed by atoms with Crippen molar-refractivity contribution in [3.8, 4) is 0 Å². The Morgan fingerprint density at radius 3 is 2.76 bits per heavy atom. The van der Waals surface area contributed by atoms with E-state index in [1.807, 2.05) is 19.9 Å². The molecule has 0 spiro atoms. The fourth-order valence-corrected chi connectivity index (χ4v) is 3.89. The van der Waals surface area contributed by atoms with Crippen LogP contribution in [0.4, 0.5) is 0 Å². The number of rotatable bonds is 5. The van der Waals surface area contributed by atoms with Crippen LogP contribution in [0.1, 0.15) is 65.0 Å². The van der Waals surface area contributed by atoms with Gasteiger partial charge in [0, 0.05) is 29.4 Å². The van der Waals surface area contributed by atoms with E-state index in [2.05, 4.69) is 35.7 Å². The average molecular weight is 356 g/mol. The Kier molecular flexibility index (Phi) is 4.99. The quantitative estimate of drug-likeness (QED) is 0.799. The second kappa shape index (κ2) is 7.04. The molecule has 1 aliphatic heterocycles. The largest absolute Gasteiger partial charge is 0.357 e. The molecule has 1 aliphatic rings. The number of carbonyl (C=O) groups is 1. The van der Waals surface area contributed by atoms with Crippen LogP contribution in [0.25, 0.3) is 5.57 Å². The molecule has 2 aromatic rings. The van der Waals surface area contributed by atoms with E-state index >= 15 is 0 Å². The number of aromatic amines is 1. The summed E-state index contributed by atoms with van der Waals surface area (Å²) in [6.45, 7) is 13.1. The third kappa shape index (κ3) is 3.23. The van der Waals surface area contributed by atoms with Crippen LogP contribution in [0.3, 0.4) is 0 Å². The van der Waals surface area contributed by atoms with Crippen molar-refractivity contribution in [1.82, 2.24) is 20.3 Å². The van der Waals surface area contributed by atoms with E-state index in [4.69, 9.17) is 4.98 Å². The molecule has 2 aromatic heterocycles. The van der Waals surface area contributed by atoms with Gasteiger partial charge in [-0.15, -0.1) is 11.8 Å². The number of amides is 1. The molecular weight excluding hydrogens is 332 g/mol. The predicted octanol–water partition coefficient (Wildman–Crippen LogP) is 3.83. The lowest BCUT2D eigenvalue weighted by atomic mass is 9.95. The number of nitrogens with zero attached hydrogens (tertiary/aromatic N) is 2. The SMILES string of the molecule is C=C(c1cc2c([nH]1)[C@@H](CC)CNC2=O)c1nc(SCC)c(C)nc1C. The van der Waals surface area contributed by atoms with Crippen molar-refractivity contribution in [2.45, 2.75) is 45.1 Å². The Morgan fingerprint density at radius 2 is 2.08 bits per heavy atom. The van der Waals surface area contributed by atoms with E-state index in [1.54, 1.807) is 11.8 Å². The monoisotopic (exact) mass is 356 g/mol. The molecule has 0 aromatic carbocycles. The van der Waals surface area contributed by atoms with Crippen LogP contribution in [0.15, 0.2) is 17.7 Å². The zero-order valence-corrected chi connectivity index (χ0v) is 16.0. The van der Waals surface area contributed by atoms with E-state index < -0.39 is 0 Å². The lowest BCUT2D eigenvalue weighted by Gasteiger charge is -2.21. The van der Waals surface area contributed by atoms with Crippen molar-refractivity contribution in [3.63, 3.8) is 0 Å². The van der Waals surface area contributed by atoms with Gasteiger partial charge in [-0.25, -0.2) is 4.98 Å². The summed E-state index contributed by atoms with van der Waals surface area (Å²) >= 11 is 1.68. The molecule has 1 amide bonds. The van der Waals surface area contributed by atoms with Gasteiger partial charge < -0.3 is 10.3 Å². The molecule has 6 heteroatoms. The van der Waals surface area contributed by atoms with Crippen molar-refractivity contribution in [3.05, 3.63) is 46.7 Å². The molecule has 3 heterocycles. The van der Waals surface area contributed by atoms with E-state index in [1.165, 1.54) is 0 Å². The predicted molar refractivity (Wildman–Crippen MR) is 102 cm³/mol. The lowest BCUT2D eigenvalue weighted by Crippen LogP contribution is -2.34. The van der Waals surface area contributed by atoms with Crippen LogP contribution in [0, 0.1) is 13.8 Å². The Hall–Kier alpha value is -2.08. The van der Waals surface area contributed by atoms with Crippen LogP contribution >= 0.6 is 11.8 Å². The molecule has 0 radical (unpaired) electrons. The van der Waals surface area contributed by atoms with Gasteiger partial charge in [-0.2, -0.15) is 0 Å². The summed E-state index contributed by atoms with van der Waals surface area (Å²) in [5.41, 5.74) is 5.92. The summed E-state index contributed by atoms with van der Waals surface area (Å²) < 4.78 is 0. The van der Waals surface area contributed by atoms with Crippen LogP contribution in [-0.2, 0) is 0 Å². The number of thioether (sulfide) groups is 1. The first-order chi connectivity index (χ1) is 12.0. The van der Waals surface area contributed by atoms with Crippen molar-refractivity contribution in [2.75, 3.05) is 12.3 Å². The van der Waals surface area contributed by atoms with Gasteiger partial charge in [0.05, 0.1) is 22.6 Å². The Balaban J connectivity index is 2.02. The highest BCUT2D eigenvalue weighted by atomic mass is 32.2. The molecule has 2 N–H and O–H groups in total. The second-order valence-electron chi connectivity index (χ2n) is 6.29. The van der Waals surface area contributed by atoms with Crippen molar-refractivity contribution < 1.29 is 4.79 Å². The smallest absolute Gasteiger partial charge is 0.253 e. The van der Waals surface area contributed by atoms with E-state index in [-0.39, 0.29) is 5.91 Å². The number of fused-ring (bicyclic) bond motifs is 1. The van der Waals surface area contributed by atoms with Gasteiger partial charge in [-0.3, -0.25) is 9.78 Å². The maximum atomic E-state index is 12.2. The Morgan fingerprint density at radius 1 is 1.32 bits per heavy atom. The summed E-state index contributed by atoms with van der Waals surface area (Å²) in [5.74, 6) is 1.23. The summed E-state index contributed by atoms with van der Waals surface area (Å²) in [6, 6.07) is 1.89. The van der Waals surface area contributed by atoms with Gasteiger partial charge in [0.15, 0.2) is 0 Å². The first-order valence-electron chi connectivity index (χ1n) is 8.65. The normalized spacial score (nSPS) is 16.5. The van der Waals surface area contributed by atoms with Gasteiger partial charge in [0.1, 0.15) is 5.03 Å². The third-order valence-corrected chi connectivity index (χ3v) is 5.54. The molecule has 0 fully saturated rings. The Labute approximate surface area is 152 Å². The lowest BCUT2D eigenvalue weighted by molar-refractivity contribution is 0.0939.